The Kier molecular flexibility index (Phi) is 6.79. The van der Waals surface area contributed by atoms with E-state index in [0.29, 0.717) is 16.7 Å². The number of benzene rings is 1. The van der Waals surface area contributed by atoms with E-state index in [1.807, 2.05) is 41.5 Å². The van der Waals surface area contributed by atoms with Gasteiger partial charge in [-0.2, -0.15) is 0 Å². The number of hydrogen-bond acceptors (Lipinski definition) is 2. The van der Waals surface area contributed by atoms with Crippen LogP contribution in [0.5, 0.6) is 5.75 Å². The Morgan fingerprint density at radius 2 is 1.29 bits per heavy atom. The molecule has 0 aromatic heterocycles. The molecule has 0 atom stereocenters. The molecule has 0 saturated heterocycles. The minimum Gasteiger partial charge on any atom is -0.507 e. The predicted octanol–water partition coefficient (Wildman–Crippen LogP) is 3.28. The van der Waals surface area contributed by atoms with Crippen LogP contribution in [0.15, 0.2) is 12.1 Å². The predicted molar refractivity (Wildman–Crippen MR) is 87.0 cm³/mol. The van der Waals surface area contributed by atoms with Crippen LogP contribution in [0.2, 0.25) is 0 Å². The topological polar surface area (TPSA) is 77.8 Å². The summed E-state index contributed by atoms with van der Waals surface area (Å²) in [7, 11) is -4.13. The summed E-state index contributed by atoms with van der Waals surface area (Å²) in [4.78, 5) is 18.4. The third kappa shape index (κ3) is 6.05. The van der Waals surface area contributed by atoms with Crippen molar-refractivity contribution in [2.24, 2.45) is 0 Å². The number of phenols is 1. The molecule has 3 N–H and O–H groups in total. The second-order valence-corrected chi connectivity index (χ2v) is 9.01. The maximum absolute atomic E-state index is 11.2. The van der Waals surface area contributed by atoms with Gasteiger partial charge in [0.25, 0.3) is 0 Å². The third-order valence-electron chi connectivity index (χ3n) is 3.17. The summed E-state index contributed by atoms with van der Waals surface area (Å²) < 4.78 is 11.2. The maximum Gasteiger partial charge on any atom is 0.329 e. The average molecular weight is 323 g/mol. The minimum absolute atomic E-state index is 0. The van der Waals surface area contributed by atoms with E-state index < -0.39 is 7.60 Å². The average Bonchev–Trinajstić information content (AvgIpc) is 2.14. The fourth-order valence-electron chi connectivity index (χ4n) is 2.17. The van der Waals surface area contributed by atoms with Gasteiger partial charge in [0, 0.05) is 29.6 Å². The van der Waals surface area contributed by atoms with Gasteiger partial charge in [-0.3, -0.25) is 4.57 Å². The molecule has 1 rings (SSSR count). The molecule has 21 heavy (non-hydrogen) atoms. The van der Waals surface area contributed by atoms with Crippen LogP contribution in [0.4, 0.5) is 0 Å². The van der Waals surface area contributed by atoms with Crippen LogP contribution in [0.1, 0.15) is 58.2 Å². The van der Waals surface area contributed by atoms with Gasteiger partial charge in [-0.05, 0) is 27.5 Å². The molecule has 1 aromatic rings. The standard InChI is InChI=1S/C15H25O4P.Na/c1-14(2,3)11-7-10(9-20(17,18)19)8-12(13(11)16)15(4,5)6;/h7-8,16H,9H2,1-6H3,(H2,17,18,19);. The van der Waals surface area contributed by atoms with Gasteiger partial charge in [0.15, 0.2) is 0 Å². The molecule has 0 aliphatic rings. The second-order valence-electron chi connectivity index (χ2n) is 7.36. The zero-order chi connectivity index (χ0) is 15.9. The van der Waals surface area contributed by atoms with E-state index >= 15 is 0 Å². The van der Waals surface area contributed by atoms with Crippen molar-refractivity contribution in [1.82, 2.24) is 0 Å². The molecule has 0 aliphatic carbocycles. The van der Waals surface area contributed by atoms with Crippen LogP contribution in [0.3, 0.4) is 0 Å². The monoisotopic (exact) mass is 323 g/mol. The number of aromatic hydroxyl groups is 1. The summed E-state index contributed by atoms with van der Waals surface area (Å²) in [5, 5.41) is 10.5. The van der Waals surface area contributed by atoms with Gasteiger partial charge in [-0.1, -0.05) is 53.7 Å². The quantitative estimate of drug-likeness (QED) is 0.576. The zero-order valence-electron chi connectivity index (χ0n) is 14.1. The normalized spacial score (nSPS) is 13.0. The van der Waals surface area contributed by atoms with Crippen LogP contribution >= 0.6 is 7.60 Å². The van der Waals surface area contributed by atoms with Gasteiger partial charge in [-0.25, -0.2) is 0 Å². The Bertz CT molecular complexity index is 515. The van der Waals surface area contributed by atoms with Crippen molar-refractivity contribution in [2.75, 3.05) is 0 Å². The minimum atomic E-state index is -4.13. The van der Waals surface area contributed by atoms with E-state index in [1.54, 1.807) is 12.1 Å². The fourth-order valence-corrected chi connectivity index (χ4v) is 2.83. The first-order valence-electron chi connectivity index (χ1n) is 6.63. The Morgan fingerprint density at radius 1 is 0.952 bits per heavy atom. The molecule has 4 nitrogen and oxygen atoms in total. The largest absolute Gasteiger partial charge is 0.507 e. The van der Waals surface area contributed by atoms with Crippen molar-refractivity contribution in [2.45, 2.75) is 58.5 Å². The van der Waals surface area contributed by atoms with Crippen LogP contribution in [-0.4, -0.2) is 44.5 Å². The smallest absolute Gasteiger partial charge is 0.329 e. The molecule has 6 heteroatoms. The molecule has 0 fully saturated rings. The van der Waals surface area contributed by atoms with Crippen molar-refractivity contribution >= 4 is 37.2 Å². The SMILES string of the molecule is CC(C)(C)c1cc(CP(=O)(O)O)cc(C(C)(C)C)c1O.[Na]. The molecule has 0 saturated carbocycles. The molecule has 1 aromatic carbocycles. The molecule has 0 aliphatic heterocycles. The first kappa shape index (κ1) is 21.2. The Balaban J connectivity index is 0.00000400. The summed E-state index contributed by atoms with van der Waals surface area (Å²) in [5.41, 5.74) is 1.40. The van der Waals surface area contributed by atoms with Gasteiger partial charge in [0.05, 0.1) is 6.16 Å². The molecular formula is C15H25NaO4P. The van der Waals surface area contributed by atoms with E-state index in [0.717, 1.165) is 0 Å². The van der Waals surface area contributed by atoms with Gasteiger partial charge >= 0.3 is 7.60 Å². The van der Waals surface area contributed by atoms with E-state index in [1.165, 1.54) is 0 Å². The van der Waals surface area contributed by atoms with E-state index in [9.17, 15) is 19.5 Å². The Hall–Kier alpha value is 0.170. The van der Waals surface area contributed by atoms with E-state index in [4.69, 9.17) is 0 Å². The van der Waals surface area contributed by atoms with Crippen molar-refractivity contribution in [3.63, 3.8) is 0 Å². The number of hydrogen-bond donors (Lipinski definition) is 3. The van der Waals surface area contributed by atoms with Crippen LogP contribution in [0.25, 0.3) is 0 Å². The van der Waals surface area contributed by atoms with E-state index in [2.05, 4.69) is 0 Å². The Morgan fingerprint density at radius 3 is 1.52 bits per heavy atom. The van der Waals surface area contributed by atoms with Crippen molar-refractivity contribution in [3.8, 4) is 5.75 Å². The molecule has 0 unspecified atom stereocenters. The molecule has 0 bridgehead atoms. The summed E-state index contributed by atoms with van der Waals surface area (Å²) in [5.74, 6) is 0.222. The molecule has 1 radical (unpaired) electrons. The van der Waals surface area contributed by atoms with Crippen LogP contribution < -0.4 is 0 Å². The molecule has 0 spiro atoms. The molecule has 115 valence electrons. The van der Waals surface area contributed by atoms with E-state index in [-0.39, 0.29) is 52.3 Å². The molecule has 0 heterocycles. The van der Waals surface area contributed by atoms with Crippen LogP contribution in [-0.2, 0) is 21.6 Å². The number of phenolic OH excluding ortho intramolecular Hbond substituents is 1. The van der Waals surface area contributed by atoms with Gasteiger partial charge < -0.3 is 14.9 Å². The summed E-state index contributed by atoms with van der Waals surface area (Å²) in [6, 6.07) is 3.40. The maximum atomic E-state index is 11.2. The summed E-state index contributed by atoms with van der Waals surface area (Å²) in [6.45, 7) is 11.8. The van der Waals surface area contributed by atoms with Crippen molar-refractivity contribution < 1.29 is 19.5 Å². The van der Waals surface area contributed by atoms with Gasteiger partial charge in [0.1, 0.15) is 5.75 Å². The van der Waals surface area contributed by atoms with Gasteiger partial charge in [0.2, 0.25) is 0 Å². The van der Waals surface area contributed by atoms with Gasteiger partial charge in [-0.15, -0.1) is 0 Å². The fraction of sp³-hybridized carbons (Fsp3) is 0.600. The number of rotatable bonds is 2. The summed E-state index contributed by atoms with van der Waals surface area (Å²) in [6.07, 6.45) is -0.306. The third-order valence-corrected chi connectivity index (χ3v) is 3.95. The summed E-state index contributed by atoms with van der Waals surface area (Å²) >= 11 is 0. The first-order chi connectivity index (χ1) is 8.72. The second kappa shape index (κ2) is 6.74. The van der Waals surface area contributed by atoms with Crippen molar-refractivity contribution in [1.29, 1.82) is 0 Å². The first-order valence-corrected chi connectivity index (χ1v) is 8.43. The van der Waals surface area contributed by atoms with Crippen LogP contribution in [0, 0.1) is 0 Å². The molecular weight excluding hydrogens is 298 g/mol. The zero-order valence-corrected chi connectivity index (χ0v) is 17.0. The molecule has 0 amide bonds. The van der Waals surface area contributed by atoms with Crippen molar-refractivity contribution in [3.05, 3.63) is 28.8 Å². The Labute approximate surface area is 149 Å².